The molecule has 2 aromatic carbocycles. The van der Waals surface area contributed by atoms with Gasteiger partial charge in [-0.2, -0.15) is 8.78 Å². The number of hydrogen-bond acceptors (Lipinski definition) is 7. The Morgan fingerprint density at radius 1 is 1.03 bits per heavy atom. The van der Waals surface area contributed by atoms with Crippen LogP contribution in [0.5, 0.6) is 5.75 Å². The predicted octanol–water partition coefficient (Wildman–Crippen LogP) is 3.70. The average molecular weight is 481 g/mol. The smallest absolute Gasteiger partial charge is 0.387 e. The molecular formula is C25H26F2N6O2. The Kier molecular flexibility index (Phi) is 6.82. The molecule has 4 aromatic rings. The molecule has 1 N–H and O–H groups in total. The Hall–Kier alpha value is -3.63. The number of fused-ring (bicyclic) bond motifs is 1. The molecule has 5 rings (SSSR count). The Morgan fingerprint density at radius 2 is 1.80 bits per heavy atom. The summed E-state index contributed by atoms with van der Waals surface area (Å²) in [5.41, 5.74) is 4.08. The number of para-hydroxylation sites is 1. The van der Waals surface area contributed by atoms with Crippen LogP contribution in [-0.2, 0) is 17.9 Å². The molecule has 0 amide bonds. The molecule has 0 saturated carbocycles. The largest absolute Gasteiger partial charge is 0.434 e. The van der Waals surface area contributed by atoms with Crippen molar-refractivity contribution < 1.29 is 18.3 Å². The van der Waals surface area contributed by atoms with Crippen LogP contribution in [0, 0.1) is 0 Å². The van der Waals surface area contributed by atoms with Crippen LogP contribution < -0.4 is 15.0 Å². The van der Waals surface area contributed by atoms with Gasteiger partial charge in [0.05, 0.1) is 17.6 Å². The van der Waals surface area contributed by atoms with Gasteiger partial charge in [-0.15, -0.1) is 0 Å². The standard InChI is InChI=1S/C25H26F2N6O2/c1-34-16-23-31-20-7-6-17(19-13-29-25(30-14-19)32-10-8-28-9-11-32)12-21(20)33(23)15-18-4-2-3-5-22(18)35-24(26)27/h2-7,12-14,24,28H,8-11,15-16H2,1H3. The summed E-state index contributed by atoms with van der Waals surface area (Å²) in [6.07, 6.45) is 3.65. The van der Waals surface area contributed by atoms with Crippen LogP contribution in [0.15, 0.2) is 54.9 Å². The van der Waals surface area contributed by atoms with E-state index in [1.54, 1.807) is 31.4 Å². The summed E-state index contributed by atoms with van der Waals surface area (Å²) >= 11 is 0. The van der Waals surface area contributed by atoms with Gasteiger partial charge in [0.2, 0.25) is 5.95 Å². The van der Waals surface area contributed by atoms with E-state index in [4.69, 9.17) is 14.5 Å². The Bertz CT molecular complexity index is 1290. The number of rotatable bonds is 8. The van der Waals surface area contributed by atoms with Crippen LogP contribution in [0.25, 0.3) is 22.2 Å². The van der Waals surface area contributed by atoms with Crippen molar-refractivity contribution >= 4 is 17.0 Å². The molecule has 35 heavy (non-hydrogen) atoms. The molecule has 10 heteroatoms. The number of piperazine rings is 1. The van der Waals surface area contributed by atoms with E-state index < -0.39 is 6.61 Å². The summed E-state index contributed by atoms with van der Waals surface area (Å²) < 4.78 is 37.9. The van der Waals surface area contributed by atoms with Crippen molar-refractivity contribution in [1.82, 2.24) is 24.8 Å². The topological polar surface area (TPSA) is 77.3 Å². The number of halogens is 2. The molecule has 1 aliphatic heterocycles. The van der Waals surface area contributed by atoms with Crippen LogP contribution in [0.1, 0.15) is 11.4 Å². The molecule has 0 unspecified atom stereocenters. The number of anilines is 1. The van der Waals surface area contributed by atoms with Crippen LogP contribution in [-0.4, -0.2) is 59.4 Å². The first kappa shape index (κ1) is 23.1. The second-order valence-corrected chi connectivity index (χ2v) is 8.25. The van der Waals surface area contributed by atoms with E-state index in [0.29, 0.717) is 17.9 Å². The molecule has 1 saturated heterocycles. The fourth-order valence-corrected chi connectivity index (χ4v) is 4.28. The van der Waals surface area contributed by atoms with Crippen molar-refractivity contribution in [2.45, 2.75) is 19.8 Å². The van der Waals surface area contributed by atoms with Crippen molar-refractivity contribution in [2.24, 2.45) is 0 Å². The van der Waals surface area contributed by atoms with Gasteiger partial charge < -0.3 is 24.3 Å². The minimum Gasteiger partial charge on any atom is -0.434 e. The number of imidazole rings is 1. The van der Waals surface area contributed by atoms with E-state index in [0.717, 1.165) is 54.3 Å². The second kappa shape index (κ2) is 10.3. The number of nitrogens with one attached hydrogen (secondary N) is 1. The molecule has 3 heterocycles. The van der Waals surface area contributed by atoms with Crippen molar-refractivity contribution in [2.75, 3.05) is 38.2 Å². The average Bonchev–Trinajstić information content (AvgIpc) is 3.22. The van der Waals surface area contributed by atoms with Gasteiger partial charge in [-0.05, 0) is 23.8 Å². The fourth-order valence-electron chi connectivity index (χ4n) is 4.28. The summed E-state index contributed by atoms with van der Waals surface area (Å²) in [5.74, 6) is 1.55. The first-order chi connectivity index (χ1) is 17.1. The van der Waals surface area contributed by atoms with E-state index >= 15 is 0 Å². The molecule has 2 aromatic heterocycles. The summed E-state index contributed by atoms with van der Waals surface area (Å²) in [4.78, 5) is 16.0. The van der Waals surface area contributed by atoms with Crippen LogP contribution >= 0.6 is 0 Å². The Balaban J connectivity index is 1.49. The minimum atomic E-state index is -2.90. The number of nitrogens with zero attached hydrogens (tertiary/aromatic N) is 5. The number of hydrogen-bond donors (Lipinski definition) is 1. The molecule has 0 radical (unpaired) electrons. The van der Waals surface area contributed by atoms with Crippen molar-refractivity contribution in [3.63, 3.8) is 0 Å². The highest BCUT2D eigenvalue weighted by Gasteiger charge is 2.17. The molecule has 0 bridgehead atoms. The lowest BCUT2D eigenvalue weighted by Gasteiger charge is -2.27. The van der Waals surface area contributed by atoms with Gasteiger partial charge in [-0.25, -0.2) is 15.0 Å². The summed E-state index contributed by atoms with van der Waals surface area (Å²) in [5, 5.41) is 3.33. The summed E-state index contributed by atoms with van der Waals surface area (Å²) in [7, 11) is 1.60. The van der Waals surface area contributed by atoms with Gasteiger partial charge in [-0.3, -0.25) is 0 Å². The number of methoxy groups -OCH3 is 1. The monoisotopic (exact) mass is 480 g/mol. The van der Waals surface area contributed by atoms with Crippen molar-refractivity contribution in [3.8, 4) is 16.9 Å². The zero-order valence-corrected chi connectivity index (χ0v) is 19.3. The van der Waals surface area contributed by atoms with Gasteiger partial charge in [0.1, 0.15) is 18.2 Å². The second-order valence-electron chi connectivity index (χ2n) is 8.25. The van der Waals surface area contributed by atoms with E-state index in [1.807, 2.05) is 35.2 Å². The molecule has 0 aliphatic carbocycles. The van der Waals surface area contributed by atoms with Crippen molar-refractivity contribution in [3.05, 3.63) is 66.2 Å². The Labute approximate surface area is 201 Å². The number of aromatic nitrogens is 4. The number of benzene rings is 2. The minimum absolute atomic E-state index is 0.140. The summed E-state index contributed by atoms with van der Waals surface area (Å²) in [6.45, 7) is 1.28. The lowest BCUT2D eigenvalue weighted by molar-refractivity contribution is -0.0504. The van der Waals surface area contributed by atoms with Gasteiger partial charge in [0.25, 0.3) is 0 Å². The molecule has 0 spiro atoms. The fraction of sp³-hybridized carbons (Fsp3) is 0.320. The zero-order valence-electron chi connectivity index (χ0n) is 19.3. The molecule has 1 aliphatic rings. The third-order valence-corrected chi connectivity index (χ3v) is 5.99. The maximum Gasteiger partial charge on any atom is 0.387 e. The lowest BCUT2D eigenvalue weighted by Crippen LogP contribution is -2.44. The van der Waals surface area contributed by atoms with E-state index in [2.05, 4.69) is 20.2 Å². The maximum atomic E-state index is 12.9. The summed E-state index contributed by atoms with van der Waals surface area (Å²) in [6, 6.07) is 12.7. The third kappa shape index (κ3) is 5.08. The maximum absolute atomic E-state index is 12.9. The highest BCUT2D eigenvalue weighted by Crippen LogP contribution is 2.28. The highest BCUT2D eigenvalue weighted by molar-refractivity contribution is 5.82. The first-order valence-corrected chi connectivity index (χ1v) is 11.4. The molecule has 1 fully saturated rings. The van der Waals surface area contributed by atoms with Crippen LogP contribution in [0.2, 0.25) is 0 Å². The molecule has 0 atom stereocenters. The van der Waals surface area contributed by atoms with Crippen molar-refractivity contribution in [1.29, 1.82) is 0 Å². The normalized spacial score (nSPS) is 14.1. The van der Waals surface area contributed by atoms with E-state index in [9.17, 15) is 8.78 Å². The zero-order chi connectivity index (χ0) is 24.2. The highest BCUT2D eigenvalue weighted by atomic mass is 19.3. The quantitative estimate of drug-likeness (QED) is 0.412. The van der Waals surface area contributed by atoms with Gasteiger partial charge in [-0.1, -0.05) is 24.3 Å². The first-order valence-electron chi connectivity index (χ1n) is 11.4. The van der Waals surface area contributed by atoms with Gasteiger partial charge in [0, 0.05) is 56.8 Å². The number of ether oxygens (including phenoxy) is 2. The lowest BCUT2D eigenvalue weighted by atomic mass is 10.1. The van der Waals surface area contributed by atoms with E-state index in [-0.39, 0.29) is 12.4 Å². The van der Waals surface area contributed by atoms with E-state index in [1.165, 1.54) is 0 Å². The molecular weight excluding hydrogens is 454 g/mol. The Morgan fingerprint density at radius 3 is 2.54 bits per heavy atom. The van der Waals surface area contributed by atoms with Crippen LogP contribution in [0.4, 0.5) is 14.7 Å². The van der Waals surface area contributed by atoms with Crippen LogP contribution in [0.3, 0.4) is 0 Å². The predicted molar refractivity (Wildman–Crippen MR) is 129 cm³/mol. The third-order valence-electron chi connectivity index (χ3n) is 5.99. The molecule has 182 valence electrons. The van der Waals surface area contributed by atoms with Gasteiger partial charge >= 0.3 is 6.61 Å². The number of alkyl halides is 2. The van der Waals surface area contributed by atoms with Gasteiger partial charge in [0.15, 0.2) is 0 Å². The molecule has 8 nitrogen and oxygen atoms in total. The SMILES string of the molecule is COCc1nc2ccc(-c3cnc(N4CCNCC4)nc3)cc2n1Cc1ccccc1OC(F)F.